The van der Waals surface area contributed by atoms with Gasteiger partial charge in [-0.05, 0) is 49.1 Å². The molecule has 1 amide bonds. The van der Waals surface area contributed by atoms with E-state index in [1.807, 2.05) is 30.5 Å². The van der Waals surface area contributed by atoms with Crippen LogP contribution in [0.2, 0.25) is 0 Å². The van der Waals surface area contributed by atoms with Crippen LogP contribution in [-0.2, 0) is 0 Å². The minimum Gasteiger partial charge on any atom is -0.361 e. The summed E-state index contributed by atoms with van der Waals surface area (Å²) in [5.41, 5.74) is 2.16. The number of hydrogen-bond donors (Lipinski definition) is 2. The first-order chi connectivity index (χ1) is 9.28. The summed E-state index contributed by atoms with van der Waals surface area (Å²) in [6.07, 6.45) is 7.20. The molecular weight excluding hydrogens is 236 g/mol. The van der Waals surface area contributed by atoms with Gasteiger partial charge in [-0.15, -0.1) is 0 Å². The zero-order valence-corrected chi connectivity index (χ0v) is 10.9. The lowest BCUT2D eigenvalue weighted by Crippen LogP contribution is -2.31. The molecule has 2 N–H and O–H groups in total. The van der Waals surface area contributed by atoms with Crippen LogP contribution >= 0.6 is 0 Å². The van der Waals surface area contributed by atoms with Crippen LogP contribution in [0.3, 0.4) is 0 Å². The lowest BCUT2D eigenvalue weighted by Gasteiger charge is -2.15. The van der Waals surface area contributed by atoms with Crippen LogP contribution in [0.25, 0.3) is 10.9 Å². The number of rotatable bonds is 4. The third-order valence-electron chi connectivity index (χ3n) is 4.77. The van der Waals surface area contributed by atoms with Crippen molar-refractivity contribution in [1.29, 1.82) is 0 Å². The predicted octanol–water partition coefficient (Wildman–Crippen LogP) is 3.09. The fourth-order valence-corrected chi connectivity index (χ4v) is 3.21. The summed E-state index contributed by atoms with van der Waals surface area (Å²) in [6, 6.07) is 7.86. The fraction of sp³-hybridized carbons (Fsp3) is 0.438. The molecule has 0 spiro atoms. The molecule has 2 aliphatic carbocycles. The Hall–Kier alpha value is -1.77. The number of amides is 1. The van der Waals surface area contributed by atoms with E-state index in [4.69, 9.17) is 0 Å². The Labute approximate surface area is 112 Å². The van der Waals surface area contributed by atoms with Crippen molar-refractivity contribution in [3.05, 3.63) is 36.0 Å². The zero-order chi connectivity index (χ0) is 12.9. The van der Waals surface area contributed by atoms with Crippen LogP contribution in [0.5, 0.6) is 0 Å². The average molecular weight is 254 g/mol. The number of para-hydroxylation sites is 1. The number of carbonyl (C=O) groups excluding carboxylic acids is 1. The number of fused-ring (bicyclic) bond motifs is 1. The van der Waals surface area contributed by atoms with Gasteiger partial charge >= 0.3 is 0 Å². The van der Waals surface area contributed by atoms with Crippen LogP contribution in [-0.4, -0.2) is 17.4 Å². The molecule has 4 rings (SSSR count). The van der Waals surface area contributed by atoms with Crippen molar-refractivity contribution >= 4 is 16.8 Å². The Bertz CT molecular complexity index is 635. The zero-order valence-electron chi connectivity index (χ0n) is 10.9. The number of benzene rings is 1. The number of carbonyl (C=O) groups is 1. The Balaban J connectivity index is 1.52. The van der Waals surface area contributed by atoms with Crippen LogP contribution < -0.4 is 5.32 Å². The van der Waals surface area contributed by atoms with E-state index in [2.05, 4.69) is 10.3 Å². The van der Waals surface area contributed by atoms with Crippen LogP contribution in [0.1, 0.15) is 36.0 Å². The quantitative estimate of drug-likeness (QED) is 0.865. The molecule has 0 atom stereocenters. The molecule has 3 heteroatoms. The van der Waals surface area contributed by atoms with Gasteiger partial charge in [0, 0.05) is 18.1 Å². The van der Waals surface area contributed by atoms with Gasteiger partial charge in [0.25, 0.3) is 5.91 Å². The van der Waals surface area contributed by atoms with Crippen LogP contribution in [0.4, 0.5) is 0 Å². The highest BCUT2D eigenvalue weighted by Gasteiger charge is 2.53. The maximum Gasteiger partial charge on any atom is 0.253 e. The topological polar surface area (TPSA) is 44.9 Å². The minimum absolute atomic E-state index is 0.0555. The Morgan fingerprint density at radius 1 is 1.32 bits per heavy atom. The van der Waals surface area contributed by atoms with Gasteiger partial charge in [-0.25, -0.2) is 0 Å². The lowest BCUT2D eigenvalue weighted by atomic mass is 10.0. The molecule has 0 radical (unpaired) electrons. The first-order valence-electron chi connectivity index (χ1n) is 7.13. The lowest BCUT2D eigenvalue weighted by molar-refractivity contribution is 0.0944. The van der Waals surface area contributed by atoms with Crippen LogP contribution in [0, 0.1) is 11.3 Å². The molecule has 1 heterocycles. The number of aromatic amines is 1. The van der Waals surface area contributed by atoms with Crippen molar-refractivity contribution in [3.8, 4) is 0 Å². The van der Waals surface area contributed by atoms with E-state index < -0.39 is 0 Å². The average Bonchev–Trinajstić information content (AvgIpc) is 3.32. The Morgan fingerprint density at radius 3 is 2.89 bits per heavy atom. The second-order valence-electron chi connectivity index (χ2n) is 6.07. The van der Waals surface area contributed by atoms with E-state index in [1.54, 1.807) is 0 Å². The Morgan fingerprint density at radius 2 is 2.16 bits per heavy atom. The summed E-state index contributed by atoms with van der Waals surface area (Å²) in [5, 5.41) is 4.24. The monoisotopic (exact) mass is 254 g/mol. The first-order valence-corrected chi connectivity index (χ1v) is 7.13. The summed E-state index contributed by atoms with van der Waals surface area (Å²) in [7, 11) is 0. The SMILES string of the molecule is O=C(NCC1(C2CC2)CC1)c1cccc2cc[nH]c12. The molecule has 2 saturated carbocycles. The fourth-order valence-electron chi connectivity index (χ4n) is 3.21. The predicted molar refractivity (Wildman–Crippen MR) is 75.0 cm³/mol. The summed E-state index contributed by atoms with van der Waals surface area (Å²) in [5.74, 6) is 0.939. The number of nitrogens with one attached hydrogen (secondary N) is 2. The second kappa shape index (κ2) is 3.86. The van der Waals surface area contributed by atoms with Crippen molar-refractivity contribution in [2.24, 2.45) is 11.3 Å². The van der Waals surface area contributed by atoms with Gasteiger partial charge in [-0.3, -0.25) is 4.79 Å². The molecule has 19 heavy (non-hydrogen) atoms. The highest BCUT2D eigenvalue weighted by Crippen LogP contribution is 2.60. The van der Waals surface area contributed by atoms with Crippen molar-refractivity contribution in [2.45, 2.75) is 25.7 Å². The van der Waals surface area contributed by atoms with Crippen molar-refractivity contribution in [2.75, 3.05) is 6.54 Å². The molecule has 2 aliphatic rings. The van der Waals surface area contributed by atoms with Crippen molar-refractivity contribution in [3.63, 3.8) is 0 Å². The van der Waals surface area contributed by atoms with E-state index in [0.717, 1.165) is 28.9 Å². The van der Waals surface area contributed by atoms with Crippen molar-refractivity contribution < 1.29 is 4.79 Å². The molecule has 1 aromatic carbocycles. The molecule has 2 fully saturated rings. The summed E-state index contributed by atoms with van der Waals surface area (Å²) in [4.78, 5) is 15.5. The van der Waals surface area contributed by atoms with E-state index in [0.29, 0.717) is 5.41 Å². The summed E-state index contributed by atoms with van der Waals surface area (Å²) in [6.45, 7) is 0.855. The molecular formula is C16H18N2O. The maximum atomic E-state index is 12.3. The minimum atomic E-state index is 0.0555. The van der Waals surface area contributed by atoms with E-state index >= 15 is 0 Å². The highest BCUT2D eigenvalue weighted by molar-refractivity contribution is 6.05. The van der Waals surface area contributed by atoms with Gasteiger partial charge in [-0.2, -0.15) is 0 Å². The number of aromatic nitrogens is 1. The Kier molecular flexibility index (Phi) is 2.25. The number of hydrogen-bond acceptors (Lipinski definition) is 1. The molecule has 2 aromatic rings. The summed E-state index contributed by atoms with van der Waals surface area (Å²) < 4.78 is 0. The molecule has 0 bridgehead atoms. The van der Waals surface area contributed by atoms with Gasteiger partial charge in [0.15, 0.2) is 0 Å². The van der Waals surface area contributed by atoms with Crippen molar-refractivity contribution in [1.82, 2.24) is 10.3 Å². The molecule has 0 aliphatic heterocycles. The van der Waals surface area contributed by atoms with E-state index in [9.17, 15) is 4.79 Å². The molecule has 3 nitrogen and oxygen atoms in total. The smallest absolute Gasteiger partial charge is 0.253 e. The first kappa shape index (κ1) is 11.1. The molecule has 1 aromatic heterocycles. The third kappa shape index (κ3) is 1.84. The van der Waals surface area contributed by atoms with Gasteiger partial charge in [-0.1, -0.05) is 12.1 Å². The molecule has 98 valence electrons. The molecule has 0 unspecified atom stereocenters. The largest absolute Gasteiger partial charge is 0.361 e. The van der Waals surface area contributed by atoms with E-state index in [-0.39, 0.29) is 5.91 Å². The number of H-pyrrole nitrogens is 1. The summed E-state index contributed by atoms with van der Waals surface area (Å²) >= 11 is 0. The molecule has 0 saturated heterocycles. The third-order valence-corrected chi connectivity index (χ3v) is 4.77. The van der Waals surface area contributed by atoms with Gasteiger partial charge < -0.3 is 10.3 Å². The standard InChI is InChI=1S/C16H18N2O/c19-15(18-10-16(7-8-16)12-4-5-12)13-3-1-2-11-6-9-17-14(11)13/h1-3,6,9,12,17H,4-5,7-8,10H2,(H,18,19). The van der Waals surface area contributed by atoms with E-state index in [1.165, 1.54) is 25.7 Å². The van der Waals surface area contributed by atoms with Gasteiger partial charge in [0.05, 0.1) is 11.1 Å². The second-order valence-corrected chi connectivity index (χ2v) is 6.07. The normalized spacial score (nSPS) is 20.4. The maximum absolute atomic E-state index is 12.3. The van der Waals surface area contributed by atoms with Gasteiger partial charge in [0.1, 0.15) is 0 Å². The highest BCUT2D eigenvalue weighted by atomic mass is 16.1. The van der Waals surface area contributed by atoms with Gasteiger partial charge in [0.2, 0.25) is 0 Å². The van der Waals surface area contributed by atoms with Crippen LogP contribution in [0.15, 0.2) is 30.5 Å².